The van der Waals surface area contributed by atoms with Gasteiger partial charge in [-0.05, 0) is 37.1 Å². The molecule has 1 saturated carbocycles. The Morgan fingerprint density at radius 1 is 1.29 bits per heavy atom. The van der Waals surface area contributed by atoms with Gasteiger partial charge in [-0.15, -0.1) is 0 Å². The van der Waals surface area contributed by atoms with E-state index in [1.54, 1.807) is 6.20 Å². The van der Waals surface area contributed by atoms with E-state index in [1.165, 1.54) is 24.9 Å². The minimum Gasteiger partial charge on any atom is -0.311 e. The molecule has 0 amide bonds. The number of nitrogens with zero attached hydrogens (tertiary/aromatic N) is 3. The summed E-state index contributed by atoms with van der Waals surface area (Å²) in [5.74, 6) is 0. The fraction of sp³-hybridized carbons (Fsp3) is 0.471. The molecule has 1 heterocycles. The topological polar surface area (TPSA) is 33.1 Å². The summed E-state index contributed by atoms with van der Waals surface area (Å²) in [6.45, 7) is 6.59. The van der Waals surface area contributed by atoms with Crippen LogP contribution in [-0.2, 0) is 6.54 Å². The highest BCUT2D eigenvalue weighted by Gasteiger charge is 2.26. The van der Waals surface area contributed by atoms with Crippen LogP contribution in [0.25, 0.3) is 5.69 Å². The smallest absolute Gasteiger partial charge is 0.0991 e. The van der Waals surface area contributed by atoms with Gasteiger partial charge in [-0.3, -0.25) is 4.90 Å². The Hall–Kier alpha value is -1.65. The minimum atomic E-state index is 0.867. The van der Waals surface area contributed by atoms with Crippen LogP contribution in [0, 0.1) is 0 Å². The van der Waals surface area contributed by atoms with Gasteiger partial charge in [-0.1, -0.05) is 19.1 Å². The predicted molar refractivity (Wildman–Crippen MR) is 85.5 cm³/mol. The lowest BCUT2D eigenvalue weighted by Gasteiger charge is -2.19. The van der Waals surface area contributed by atoms with Gasteiger partial charge in [-0.25, -0.2) is 4.98 Å². The molecule has 0 radical (unpaired) electrons. The molecule has 2 aromatic rings. The summed E-state index contributed by atoms with van der Waals surface area (Å²) >= 11 is 0. The van der Waals surface area contributed by atoms with E-state index in [-0.39, 0.29) is 0 Å². The molecule has 1 aromatic carbocycles. The second-order valence-electron chi connectivity index (χ2n) is 5.67. The Balaban J connectivity index is 1.43. The first-order chi connectivity index (χ1) is 10.4. The Morgan fingerprint density at radius 2 is 2.10 bits per heavy atom. The molecule has 1 fully saturated rings. The molecule has 0 atom stereocenters. The maximum absolute atomic E-state index is 4.07. The Labute approximate surface area is 126 Å². The van der Waals surface area contributed by atoms with Crippen LogP contribution in [0.5, 0.6) is 0 Å². The van der Waals surface area contributed by atoms with Crippen molar-refractivity contribution in [3.63, 3.8) is 0 Å². The van der Waals surface area contributed by atoms with Gasteiger partial charge in [0.1, 0.15) is 0 Å². The van der Waals surface area contributed by atoms with Gasteiger partial charge in [0, 0.05) is 43.8 Å². The number of imidazole rings is 1. The molecular formula is C17H24N4. The molecule has 4 heteroatoms. The molecule has 0 saturated heterocycles. The fourth-order valence-electron chi connectivity index (χ4n) is 2.69. The first-order valence-corrected chi connectivity index (χ1v) is 7.89. The molecule has 1 aliphatic carbocycles. The van der Waals surface area contributed by atoms with Gasteiger partial charge in [0.2, 0.25) is 0 Å². The van der Waals surface area contributed by atoms with Crippen molar-refractivity contribution in [2.75, 3.05) is 19.6 Å². The zero-order valence-corrected chi connectivity index (χ0v) is 12.7. The highest BCUT2D eigenvalue weighted by molar-refractivity contribution is 5.34. The molecule has 1 aliphatic rings. The summed E-state index contributed by atoms with van der Waals surface area (Å²) in [5, 5.41) is 3.54. The maximum Gasteiger partial charge on any atom is 0.0991 e. The molecule has 1 N–H and O–H groups in total. The monoisotopic (exact) mass is 284 g/mol. The summed E-state index contributed by atoms with van der Waals surface area (Å²) in [7, 11) is 0. The zero-order valence-electron chi connectivity index (χ0n) is 12.7. The highest BCUT2D eigenvalue weighted by Crippen LogP contribution is 2.25. The van der Waals surface area contributed by atoms with E-state index in [2.05, 4.69) is 46.4 Å². The van der Waals surface area contributed by atoms with Crippen LogP contribution in [0.3, 0.4) is 0 Å². The van der Waals surface area contributed by atoms with Crippen molar-refractivity contribution in [1.29, 1.82) is 0 Å². The molecular weight excluding hydrogens is 260 g/mol. The summed E-state index contributed by atoms with van der Waals surface area (Å²) in [6, 6.07) is 9.51. The van der Waals surface area contributed by atoms with Crippen molar-refractivity contribution >= 4 is 0 Å². The van der Waals surface area contributed by atoms with Crippen LogP contribution in [0.2, 0.25) is 0 Å². The number of aromatic nitrogens is 2. The van der Waals surface area contributed by atoms with Crippen LogP contribution in [0.1, 0.15) is 25.3 Å². The van der Waals surface area contributed by atoms with Crippen molar-refractivity contribution in [1.82, 2.24) is 19.8 Å². The molecule has 0 unspecified atom stereocenters. The van der Waals surface area contributed by atoms with E-state index >= 15 is 0 Å². The molecule has 21 heavy (non-hydrogen) atoms. The number of benzene rings is 1. The summed E-state index contributed by atoms with van der Waals surface area (Å²) in [5.41, 5.74) is 2.48. The van der Waals surface area contributed by atoms with Crippen LogP contribution in [0.4, 0.5) is 0 Å². The largest absolute Gasteiger partial charge is 0.311 e. The predicted octanol–water partition coefficient (Wildman–Crippen LogP) is 2.45. The van der Waals surface area contributed by atoms with Crippen LogP contribution in [-0.4, -0.2) is 40.1 Å². The van der Waals surface area contributed by atoms with Crippen molar-refractivity contribution < 1.29 is 0 Å². The first-order valence-electron chi connectivity index (χ1n) is 7.89. The van der Waals surface area contributed by atoms with Crippen molar-refractivity contribution in [3.05, 3.63) is 48.5 Å². The molecule has 0 aliphatic heterocycles. The Bertz CT molecular complexity index is 528. The number of hydrogen-bond acceptors (Lipinski definition) is 3. The second kappa shape index (κ2) is 6.87. The Morgan fingerprint density at radius 3 is 2.71 bits per heavy atom. The van der Waals surface area contributed by atoms with Crippen LogP contribution >= 0.6 is 0 Å². The average Bonchev–Trinajstić information content (AvgIpc) is 3.21. The molecule has 1 aromatic heterocycles. The molecule has 0 bridgehead atoms. The van der Waals surface area contributed by atoms with E-state index in [0.29, 0.717) is 0 Å². The molecule has 3 rings (SSSR count). The fourth-order valence-corrected chi connectivity index (χ4v) is 2.69. The lowest BCUT2D eigenvalue weighted by atomic mass is 10.2. The zero-order chi connectivity index (χ0) is 14.5. The number of hydrogen-bond donors (Lipinski definition) is 1. The lowest BCUT2D eigenvalue weighted by Crippen LogP contribution is -2.33. The standard InChI is InChI=1S/C17H24N4/c1-2-20(16-7-8-16)11-9-18-13-15-3-5-17(6-4-15)21-12-10-19-14-21/h3-6,10,12,14,16,18H,2,7-9,11,13H2,1H3. The van der Waals surface area contributed by atoms with E-state index in [4.69, 9.17) is 0 Å². The third-order valence-electron chi connectivity index (χ3n) is 4.11. The van der Waals surface area contributed by atoms with Gasteiger partial charge < -0.3 is 9.88 Å². The molecule has 4 nitrogen and oxygen atoms in total. The summed E-state index contributed by atoms with van der Waals surface area (Å²) in [4.78, 5) is 6.65. The molecule has 112 valence electrons. The van der Waals surface area contributed by atoms with Crippen molar-refractivity contribution in [3.8, 4) is 5.69 Å². The van der Waals surface area contributed by atoms with Gasteiger partial charge in [0.05, 0.1) is 6.33 Å². The number of likely N-dealkylation sites (N-methyl/N-ethyl adjacent to an activating group) is 1. The maximum atomic E-state index is 4.07. The van der Waals surface area contributed by atoms with E-state index in [9.17, 15) is 0 Å². The third kappa shape index (κ3) is 3.93. The van der Waals surface area contributed by atoms with Gasteiger partial charge in [-0.2, -0.15) is 0 Å². The van der Waals surface area contributed by atoms with Crippen molar-refractivity contribution in [2.45, 2.75) is 32.4 Å². The van der Waals surface area contributed by atoms with Crippen LogP contribution < -0.4 is 5.32 Å². The Kier molecular flexibility index (Phi) is 4.68. The highest BCUT2D eigenvalue weighted by atomic mass is 15.2. The number of nitrogens with one attached hydrogen (secondary N) is 1. The lowest BCUT2D eigenvalue weighted by molar-refractivity contribution is 0.277. The van der Waals surface area contributed by atoms with E-state index in [1.807, 2.05) is 17.1 Å². The minimum absolute atomic E-state index is 0.867. The second-order valence-corrected chi connectivity index (χ2v) is 5.67. The normalized spacial score (nSPS) is 14.8. The average molecular weight is 284 g/mol. The quantitative estimate of drug-likeness (QED) is 0.756. The van der Waals surface area contributed by atoms with Crippen molar-refractivity contribution in [2.24, 2.45) is 0 Å². The van der Waals surface area contributed by atoms with Crippen LogP contribution in [0.15, 0.2) is 43.0 Å². The summed E-state index contributed by atoms with van der Waals surface area (Å²) in [6.07, 6.45) is 8.37. The third-order valence-corrected chi connectivity index (χ3v) is 4.11. The van der Waals surface area contributed by atoms with Gasteiger partial charge >= 0.3 is 0 Å². The van der Waals surface area contributed by atoms with E-state index < -0.39 is 0 Å². The first kappa shape index (κ1) is 14.3. The van der Waals surface area contributed by atoms with Gasteiger partial charge in [0.25, 0.3) is 0 Å². The summed E-state index contributed by atoms with van der Waals surface area (Å²) < 4.78 is 2.02. The van der Waals surface area contributed by atoms with E-state index in [0.717, 1.165) is 31.4 Å². The molecule has 0 spiro atoms. The number of rotatable bonds is 8. The van der Waals surface area contributed by atoms with Gasteiger partial charge in [0.15, 0.2) is 0 Å². The SMILES string of the molecule is CCN(CCNCc1ccc(-n2ccnc2)cc1)C1CC1.